The fourth-order valence-electron chi connectivity index (χ4n) is 2.15. The summed E-state index contributed by atoms with van der Waals surface area (Å²) in [7, 11) is 0. The van der Waals surface area contributed by atoms with E-state index in [0.717, 1.165) is 0 Å². The van der Waals surface area contributed by atoms with Gasteiger partial charge in [0.1, 0.15) is 11.9 Å². The number of nitro groups is 1. The Morgan fingerprint density at radius 3 is 2.46 bits per heavy atom. The summed E-state index contributed by atoms with van der Waals surface area (Å²) in [6, 6.07) is 5.50. The van der Waals surface area contributed by atoms with E-state index in [1.807, 2.05) is 0 Å². The molecule has 1 aliphatic rings. The molecule has 1 aromatic carbocycles. The van der Waals surface area contributed by atoms with Gasteiger partial charge in [-0.25, -0.2) is 9.18 Å². The van der Waals surface area contributed by atoms with E-state index in [1.54, 1.807) is 20.8 Å². The van der Waals surface area contributed by atoms with E-state index in [0.29, 0.717) is 18.7 Å². The van der Waals surface area contributed by atoms with Crippen LogP contribution in [0.25, 0.3) is 0 Å². The van der Waals surface area contributed by atoms with Gasteiger partial charge < -0.3 is 9.57 Å². The average molecular weight is 340 g/mol. The Kier molecular flexibility index (Phi) is 5.38. The van der Waals surface area contributed by atoms with Crippen molar-refractivity contribution < 1.29 is 23.7 Å². The minimum absolute atomic E-state index is 0.0527. The molecule has 1 heterocycles. The van der Waals surface area contributed by atoms with Crippen molar-refractivity contribution in [3.8, 4) is 5.75 Å². The fraction of sp³-hybridized carbons (Fsp3) is 0.562. The topological polar surface area (TPSA) is 81.9 Å². The van der Waals surface area contributed by atoms with Gasteiger partial charge in [-0.05, 0) is 32.9 Å². The van der Waals surface area contributed by atoms with Crippen molar-refractivity contribution >= 4 is 11.7 Å². The zero-order valence-electron chi connectivity index (χ0n) is 13.9. The Morgan fingerprint density at radius 2 is 1.96 bits per heavy atom. The predicted octanol–water partition coefficient (Wildman–Crippen LogP) is 2.89. The molecule has 0 N–H and O–H groups in total. The van der Waals surface area contributed by atoms with Crippen LogP contribution in [0, 0.1) is 15.5 Å². The van der Waals surface area contributed by atoms with Gasteiger partial charge in [0.05, 0.1) is 16.9 Å². The van der Waals surface area contributed by atoms with Crippen LogP contribution in [0.3, 0.4) is 0 Å². The van der Waals surface area contributed by atoms with Crippen molar-refractivity contribution in [3.63, 3.8) is 0 Å². The van der Waals surface area contributed by atoms with Gasteiger partial charge >= 0.3 is 5.97 Å². The molecule has 1 aromatic rings. The van der Waals surface area contributed by atoms with E-state index in [4.69, 9.17) is 9.57 Å². The number of carbonyl (C=O) groups excluding carboxylic acids is 1. The predicted molar refractivity (Wildman–Crippen MR) is 84.1 cm³/mol. The van der Waals surface area contributed by atoms with Crippen LogP contribution in [0.1, 0.15) is 27.2 Å². The highest BCUT2D eigenvalue weighted by Gasteiger charge is 2.34. The third-order valence-electron chi connectivity index (χ3n) is 3.60. The standard InChI is InChI=1S/C16H21FN2O5/c1-16(2,3)15(20)24-18-9-8-14(13(17)10-18)23-12-6-4-11(5-7-12)19(21)22/h4-7,13-14H,8-10H2,1-3H3. The summed E-state index contributed by atoms with van der Waals surface area (Å²) < 4.78 is 19.8. The number of hydrogen-bond acceptors (Lipinski definition) is 6. The lowest BCUT2D eigenvalue weighted by Crippen LogP contribution is -2.48. The van der Waals surface area contributed by atoms with Crippen molar-refractivity contribution in [1.82, 2.24) is 5.06 Å². The van der Waals surface area contributed by atoms with E-state index < -0.39 is 28.6 Å². The second-order valence-electron chi connectivity index (χ2n) is 6.73. The number of halogens is 1. The number of alkyl halides is 1. The van der Waals surface area contributed by atoms with Gasteiger partial charge in [0, 0.05) is 25.1 Å². The van der Waals surface area contributed by atoms with Crippen LogP contribution in [0.4, 0.5) is 10.1 Å². The third kappa shape index (κ3) is 4.64. The minimum Gasteiger partial charge on any atom is -0.487 e. The van der Waals surface area contributed by atoms with E-state index >= 15 is 0 Å². The lowest BCUT2D eigenvalue weighted by atomic mass is 9.98. The number of carbonyl (C=O) groups is 1. The minimum atomic E-state index is -1.33. The number of rotatable bonds is 4. The highest BCUT2D eigenvalue weighted by Crippen LogP contribution is 2.24. The van der Waals surface area contributed by atoms with Crippen molar-refractivity contribution in [2.24, 2.45) is 5.41 Å². The van der Waals surface area contributed by atoms with Gasteiger partial charge in [-0.2, -0.15) is 0 Å². The summed E-state index contributed by atoms with van der Waals surface area (Å²) in [5, 5.41) is 11.9. The molecule has 132 valence electrons. The van der Waals surface area contributed by atoms with Gasteiger partial charge in [-0.15, -0.1) is 5.06 Å². The molecule has 8 heteroatoms. The molecule has 1 fully saturated rings. The van der Waals surface area contributed by atoms with Crippen molar-refractivity contribution in [2.45, 2.75) is 39.5 Å². The first-order valence-corrected chi connectivity index (χ1v) is 7.69. The normalized spacial score (nSPS) is 22.0. The SMILES string of the molecule is CC(C)(C)C(=O)ON1CCC(Oc2ccc([N+](=O)[O-])cc2)C(F)C1. The summed E-state index contributed by atoms with van der Waals surface area (Å²) in [6.45, 7) is 5.48. The maximum atomic E-state index is 14.3. The summed E-state index contributed by atoms with van der Waals surface area (Å²) in [4.78, 5) is 27.1. The monoisotopic (exact) mass is 340 g/mol. The Morgan fingerprint density at radius 1 is 1.33 bits per heavy atom. The van der Waals surface area contributed by atoms with E-state index in [-0.39, 0.29) is 12.2 Å². The maximum Gasteiger partial charge on any atom is 0.330 e. The average Bonchev–Trinajstić information content (AvgIpc) is 2.49. The molecule has 0 saturated carbocycles. The van der Waals surface area contributed by atoms with E-state index in [1.165, 1.54) is 29.3 Å². The molecule has 7 nitrogen and oxygen atoms in total. The number of ether oxygens (including phenoxy) is 1. The lowest BCUT2D eigenvalue weighted by molar-refractivity contribution is -0.384. The van der Waals surface area contributed by atoms with E-state index in [9.17, 15) is 19.3 Å². The number of benzene rings is 1. The van der Waals surface area contributed by atoms with Crippen LogP contribution in [0.2, 0.25) is 0 Å². The molecule has 2 atom stereocenters. The third-order valence-corrected chi connectivity index (χ3v) is 3.60. The highest BCUT2D eigenvalue weighted by molar-refractivity contribution is 5.75. The van der Waals surface area contributed by atoms with Crippen LogP contribution < -0.4 is 4.74 Å². The molecular formula is C16H21FN2O5. The van der Waals surface area contributed by atoms with Crippen molar-refractivity contribution in [1.29, 1.82) is 0 Å². The molecule has 0 aliphatic carbocycles. The van der Waals surface area contributed by atoms with Crippen molar-refractivity contribution in [2.75, 3.05) is 13.1 Å². The number of hydroxylamine groups is 2. The molecule has 2 rings (SSSR count). The molecule has 1 saturated heterocycles. The molecular weight excluding hydrogens is 319 g/mol. The largest absolute Gasteiger partial charge is 0.487 e. The summed E-state index contributed by atoms with van der Waals surface area (Å²) in [5.74, 6) is -0.0437. The lowest BCUT2D eigenvalue weighted by Gasteiger charge is -2.34. The molecule has 2 unspecified atom stereocenters. The van der Waals surface area contributed by atoms with Gasteiger partial charge in [0.2, 0.25) is 0 Å². The van der Waals surface area contributed by atoms with Crippen LogP contribution in [0.5, 0.6) is 5.75 Å². The zero-order chi connectivity index (χ0) is 17.9. The number of nitro benzene ring substituents is 1. The Hall–Kier alpha value is -2.22. The number of non-ortho nitro benzene ring substituents is 1. The Labute approximate surface area is 139 Å². The molecule has 1 aliphatic heterocycles. The number of nitrogens with zero attached hydrogens (tertiary/aromatic N) is 2. The van der Waals surface area contributed by atoms with Gasteiger partial charge in [0.25, 0.3) is 5.69 Å². The van der Waals surface area contributed by atoms with Gasteiger partial charge in [0.15, 0.2) is 6.17 Å². The second kappa shape index (κ2) is 7.12. The first-order chi connectivity index (χ1) is 11.2. The molecule has 0 amide bonds. The summed E-state index contributed by atoms with van der Waals surface area (Å²) in [6.07, 6.45) is -1.67. The van der Waals surface area contributed by atoms with Crippen LogP contribution in [0.15, 0.2) is 24.3 Å². The first kappa shape index (κ1) is 18.1. The number of piperidine rings is 1. The van der Waals surface area contributed by atoms with Crippen LogP contribution >= 0.6 is 0 Å². The fourth-order valence-corrected chi connectivity index (χ4v) is 2.15. The summed E-state index contributed by atoms with van der Waals surface area (Å²) in [5.41, 5.74) is -0.708. The summed E-state index contributed by atoms with van der Waals surface area (Å²) >= 11 is 0. The van der Waals surface area contributed by atoms with Crippen LogP contribution in [-0.4, -0.2) is 41.3 Å². The molecule has 24 heavy (non-hydrogen) atoms. The zero-order valence-corrected chi connectivity index (χ0v) is 13.9. The Balaban J connectivity index is 1.89. The molecule has 0 bridgehead atoms. The second-order valence-corrected chi connectivity index (χ2v) is 6.73. The first-order valence-electron chi connectivity index (χ1n) is 7.69. The quantitative estimate of drug-likeness (QED) is 0.619. The molecule has 0 spiro atoms. The molecule has 0 aromatic heterocycles. The number of hydrogen-bond donors (Lipinski definition) is 0. The van der Waals surface area contributed by atoms with Gasteiger partial charge in [-0.1, -0.05) is 0 Å². The van der Waals surface area contributed by atoms with Crippen molar-refractivity contribution in [3.05, 3.63) is 34.4 Å². The molecule has 0 radical (unpaired) electrons. The smallest absolute Gasteiger partial charge is 0.330 e. The van der Waals surface area contributed by atoms with Crippen LogP contribution in [-0.2, 0) is 9.63 Å². The van der Waals surface area contributed by atoms with Gasteiger partial charge in [-0.3, -0.25) is 10.1 Å². The maximum absolute atomic E-state index is 14.3. The Bertz CT molecular complexity index is 599. The highest BCUT2D eigenvalue weighted by atomic mass is 19.1. The van der Waals surface area contributed by atoms with E-state index in [2.05, 4.69) is 0 Å².